The van der Waals surface area contributed by atoms with E-state index in [9.17, 15) is 9.59 Å². The lowest BCUT2D eigenvalue weighted by atomic mass is 9.88. The molecule has 8 heteroatoms. The standard InChI is InChI=1S/C17H25N5O3/c1-12-5-3-4-6-14(12)25-8-7-18-15(23)10-22-11-19-16-13(17(22)24)9-20-21(16)2/h9,11-12,14H,3-8,10H2,1-2H3,(H,18,23). The fourth-order valence-electron chi connectivity index (χ4n) is 3.32. The van der Waals surface area contributed by atoms with Gasteiger partial charge in [0, 0.05) is 13.6 Å². The quantitative estimate of drug-likeness (QED) is 0.782. The molecule has 0 radical (unpaired) electrons. The highest BCUT2D eigenvalue weighted by Crippen LogP contribution is 2.25. The second kappa shape index (κ2) is 7.77. The first kappa shape index (κ1) is 17.6. The summed E-state index contributed by atoms with van der Waals surface area (Å²) in [5, 5.41) is 7.22. The summed E-state index contributed by atoms with van der Waals surface area (Å²) in [6, 6.07) is 0. The molecule has 25 heavy (non-hydrogen) atoms. The average molecular weight is 347 g/mol. The molecule has 2 aromatic heterocycles. The maximum absolute atomic E-state index is 12.3. The van der Waals surface area contributed by atoms with Gasteiger partial charge in [0.2, 0.25) is 5.91 Å². The molecule has 0 aliphatic heterocycles. The van der Waals surface area contributed by atoms with Gasteiger partial charge in [0.05, 0.1) is 18.9 Å². The van der Waals surface area contributed by atoms with Crippen LogP contribution in [-0.4, -0.2) is 44.5 Å². The predicted molar refractivity (Wildman–Crippen MR) is 93.2 cm³/mol. The number of fused-ring (bicyclic) bond motifs is 1. The highest BCUT2D eigenvalue weighted by Gasteiger charge is 2.21. The third-order valence-electron chi connectivity index (χ3n) is 4.82. The van der Waals surface area contributed by atoms with Crippen molar-refractivity contribution in [3.05, 3.63) is 22.9 Å². The number of ether oxygens (including phenoxy) is 1. The van der Waals surface area contributed by atoms with Gasteiger partial charge in [-0.3, -0.25) is 18.8 Å². The van der Waals surface area contributed by atoms with E-state index in [1.165, 1.54) is 41.0 Å². The van der Waals surface area contributed by atoms with Crippen molar-refractivity contribution in [2.24, 2.45) is 13.0 Å². The van der Waals surface area contributed by atoms with Crippen molar-refractivity contribution >= 4 is 16.9 Å². The average Bonchev–Trinajstić information content (AvgIpc) is 2.97. The van der Waals surface area contributed by atoms with Gasteiger partial charge in [-0.1, -0.05) is 19.8 Å². The fraction of sp³-hybridized carbons (Fsp3) is 0.647. The Morgan fingerprint density at radius 1 is 1.40 bits per heavy atom. The van der Waals surface area contributed by atoms with Crippen LogP contribution >= 0.6 is 0 Å². The second-order valence-corrected chi connectivity index (χ2v) is 6.70. The monoisotopic (exact) mass is 347 g/mol. The van der Waals surface area contributed by atoms with Gasteiger partial charge in [-0.25, -0.2) is 4.98 Å². The van der Waals surface area contributed by atoms with E-state index in [1.807, 2.05) is 0 Å². The molecule has 0 saturated heterocycles. The molecular weight excluding hydrogens is 322 g/mol. The Balaban J connectivity index is 1.48. The van der Waals surface area contributed by atoms with Crippen molar-refractivity contribution in [3.8, 4) is 0 Å². The van der Waals surface area contributed by atoms with Crippen LogP contribution in [0.2, 0.25) is 0 Å². The molecule has 8 nitrogen and oxygen atoms in total. The third kappa shape index (κ3) is 4.07. The Hall–Kier alpha value is -2.22. The minimum absolute atomic E-state index is 0.0590. The number of aryl methyl sites for hydroxylation is 1. The van der Waals surface area contributed by atoms with Crippen LogP contribution in [0.15, 0.2) is 17.3 Å². The van der Waals surface area contributed by atoms with Crippen molar-refractivity contribution < 1.29 is 9.53 Å². The summed E-state index contributed by atoms with van der Waals surface area (Å²) in [6.07, 6.45) is 7.95. The first-order valence-electron chi connectivity index (χ1n) is 8.81. The Kier molecular flexibility index (Phi) is 5.47. The number of nitrogens with zero attached hydrogens (tertiary/aromatic N) is 4. The maximum atomic E-state index is 12.3. The van der Waals surface area contributed by atoms with Crippen molar-refractivity contribution in [1.29, 1.82) is 0 Å². The topological polar surface area (TPSA) is 91.0 Å². The minimum Gasteiger partial charge on any atom is -0.376 e. The molecule has 1 amide bonds. The number of aromatic nitrogens is 4. The van der Waals surface area contributed by atoms with Crippen LogP contribution < -0.4 is 10.9 Å². The lowest BCUT2D eigenvalue weighted by Gasteiger charge is -2.28. The number of rotatable bonds is 6. The van der Waals surface area contributed by atoms with Crippen molar-refractivity contribution in [2.45, 2.75) is 45.3 Å². The summed E-state index contributed by atoms with van der Waals surface area (Å²) < 4.78 is 8.70. The number of amides is 1. The van der Waals surface area contributed by atoms with Crippen LogP contribution in [0.5, 0.6) is 0 Å². The number of hydrogen-bond acceptors (Lipinski definition) is 5. The Morgan fingerprint density at radius 2 is 2.20 bits per heavy atom. The number of carbonyl (C=O) groups excluding carboxylic acids is 1. The molecule has 3 rings (SSSR count). The van der Waals surface area contributed by atoms with E-state index < -0.39 is 0 Å². The van der Waals surface area contributed by atoms with Gasteiger partial charge in [0.15, 0.2) is 5.65 Å². The smallest absolute Gasteiger partial charge is 0.264 e. The highest BCUT2D eigenvalue weighted by atomic mass is 16.5. The van der Waals surface area contributed by atoms with Crippen LogP contribution in [0.4, 0.5) is 0 Å². The summed E-state index contributed by atoms with van der Waals surface area (Å²) in [4.78, 5) is 28.5. The molecule has 0 spiro atoms. The minimum atomic E-state index is -0.263. The van der Waals surface area contributed by atoms with Gasteiger partial charge in [0.1, 0.15) is 18.3 Å². The van der Waals surface area contributed by atoms with E-state index in [2.05, 4.69) is 22.3 Å². The van der Waals surface area contributed by atoms with E-state index in [4.69, 9.17) is 4.74 Å². The van der Waals surface area contributed by atoms with Crippen LogP contribution in [0.25, 0.3) is 11.0 Å². The van der Waals surface area contributed by atoms with E-state index in [1.54, 1.807) is 7.05 Å². The van der Waals surface area contributed by atoms with Crippen molar-refractivity contribution in [3.63, 3.8) is 0 Å². The molecule has 0 bridgehead atoms. The fourth-order valence-corrected chi connectivity index (χ4v) is 3.32. The molecule has 1 fully saturated rings. The summed E-state index contributed by atoms with van der Waals surface area (Å²) in [7, 11) is 1.72. The summed E-state index contributed by atoms with van der Waals surface area (Å²) in [6.45, 7) is 3.10. The molecule has 1 N–H and O–H groups in total. The van der Waals surface area contributed by atoms with Gasteiger partial charge < -0.3 is 10.1 Å². The van der Waals surface area contributed by atoms with Gasteiger partial charge in [0.25, 0.3) is 5.56 Å². The first-order valence-corrected chi connectivity index (χ1v) is 8.81. The second-order valence-electron chi connectivity index (χ2n) is 6.70. The molecule has 0 aromatic carbocycles. The zero-order valence-electron chi connectivity index (χ0n) is 14.8. The van der Waals surface area contributed by atoms with Gasteiger partial charge in [-0.05, 0) is 18.8 Å². The molecule has 1 saturated carbocycles. The number of nitrogens with one attached hydrogen (secondary N) is 1. The molecule has 1 aliphatic rings. The SMILES string of the molecule is CC1CCCCC1OCCNC(=O)Cn1cnc2c(cnn2C)c1=O. The van der Waals surface area contributed by atoms with Gasteiger partial charge in [-0.15, -0.1) is 0 Å². The normalized spacial score (nSPS) is 20.7. The van der Waals surface area contributed by atoms with E-state index in [0.29, 0.717) is 36.2 Å². The zero-order chi connectivity index (χ0) is 17.8. The lowest BCUT2D eigenvalue weighted by Crippen LogP contribution is -2.35. The maximum Gasteiger partial charge on any atom is 0.264 e. The van der Waals surface area contributed by atoms with Crippen LogP contribution in [-0.2, 0) is 23.1 Å². The van der Waals surface area contributed by atoms with E-state index in [0.717, 1.165) is 6.42 Å². The predicted octanol–water partition coefficient (Wildman–Crippen LogP) is 0.841. The van der Waals surface area contributed by atoms with Crippen LogP contribution in [0.1, 0.15) is 32.6 Å². The number of carbonyl (C=O) groups is 1. The molecule has 2 atom stereocenters. The van der Waals surface area contributed by atoms with E-state index >= 15 is 0 Å². The number of hydrogen-bond donors (Lipinski definition) is 1. The van der Waals surface area contributed by atoms with Crippen LogP contribution in [0.3, 0.4) is 0 Å². The summed E-state index contributed by atoms with van der Waals surface area (Å²) >= 11 is 0. The molecule has 136 valence electrons. The Morgan fingerprint density at radius 3 is 3.00 bits per heavy atom. The highest BCUT2D eigenvalue weighted by molar-refractivity contribution is 5.77. The zero-order valence-corrected chi connectivity index (χ0v) is 14.8. The first-order chi connectivity index (χ1) is 12.1. The largest absolute Gasteiger partial charge is 0.376 e. The molecule has 1 aliphatic carbocycles. The molecular formula is C17H25N5O3. The van der Waals surface area contributed by atoms with Gasteiger partial charge >= 0.3 is 0 Å². The summed E-state index contributed by atoms with van der Waals surface area (Å²) in [5.74, 6) is 0.354. The third-order valence-corrected chi connectivity index (χ3v) is 4.82. The molecule has 2 heterocycles. The van der Waals surface area contributed by atoms with Crippen molar-refractivity contribution in [1.82, 2.24) is 24.6 Å². The Bertz CT molecular complexity index is 797. The molecule has 2 aromatic rings. The lowest BCUT2D eigenvalue weighted by molar-refractivity contribution is -0.122. The molecule has 2 unspecified atom stereocenters. The van der Waals surface area contributed by atoms with Crippen LogP contribution in [0, 0.1) is 5.92 Å². The summed E-state index contributed by atoms with van der Waals surface area (Å²) in [5.41, 5.74) is 0.247. The van der Waals surface area contributed by atoms with E-state index in [-0.39, 0.29) is 18.0 Å². The van der Waals surface area contributed by atoms with Crippen molar-refractivity contribution in [2.75, 3.05) is 13.2 Å². The van der Waals surface area contributed by atoms with Gasteiger partial charge in [-0.2, -0.15) is 5.10 Å². The Labute approximate surface area is 146 Å².